The largest absolute Gasteiger partial charge is 0.310 e. The molecule has 0 amide bonds. The first-order valence-corrected chi connectivity index (χ1v) is 8.14. The fourth-order valence-electron chi connectivity index (χ4n) is 2.72. The molecule has 2 fully saturated rings. The minimum absolute atomic E-state index is 0.780. The molecule has 1 aliphatic carbocycles. The standard InChI is InChI=1S/C13H26N2S/c1-11(10-16-2)8-15-7-3-4-13(9-15)14-12-5-6-12/h11-14H,3-10H2,1-2H3. The zero-order valence-corrected chi connectivity index (χ0v) is 11.6. The van der Waals surface area contributed by atoms with Gasteiger partial charge in [0.15, 0.2) is 0 Å². The fourth-order valence-corrected chi connectivity index (χ4v) is 3.39. The summed E-state index contributed by atoms with van der Waals surface area (Å²) in [6.07, 6.45) is 7.82. The van der Waals surface area contributed by atoms with E-state index in [4.69, 9.17) is 0 Å². The summed E-state index contributed by atoms with van der Waals surface area (Å²) in [6.45, 7) is 6.29. The highest BCUT2D eigenvalue weighted by Crippen LogP contribution is 2.22. The number of nitrogens with one attached hydrogen (secondary N) is 1. The second-order valence-electron chi connectivity index (χ2n) is 5.60. The molecule has 0 aromatic heterocycles. The van der Waals surface area contributed by atoms with Gasteiger partial charge in [-0.15, -0.1) is 0 Å². The number of hydrogen-bond donors (Lipinski definition) is 1. The van der Waals surface area contributed by atoms with Crippen LogP contribution in [0.1, 0.15) is 32.6 Å². The highest BCUT2D eigenvalue weighted by Gasteiger charge is 2.27. The molecule has 2 aliphatic rings. The van der Waals surface area contributed by atoms with Crippen LogP contribution in [0, 0.1) is 5.92 Å². The maximum absolute atomic E-state index is 3.78. The smallest absolute Gasteiger partial charge is 0.0198 e. The zero-order chi connectivity index (χ0) is 11.4. The van der Waals surface area contributed by atoms with Crippen molar-refractivity contribution in [1.82, 2.24) is 10.2 Å². The van der Waals surface area contributed by atoms with Gasteiger partial charge in [-0.3, -0.25) is 0 Å². The molecule has 1 aliphatic heterocycles. The van der Waals surface area contributed by atoms with E-state index >= 15 is 0 Å². The van der Waals surface area contributed by atoms with Crippen LogP contribution >= 0.6 is 11.8 Å². The monoisotopic (exact) mass is 242 g/mol. The molecular formula is C13H26N2S. The number of rotatable bonds is 6. The van der Waals surface area contributed by atoms with Crippen LogP contribution in [-0.4, -0.2) is 48.6 Å². The Morgan fingerprint density at radius 1 is 1.31 bits per heavy atom. The Bertz CT molecular complexity index is 206. The highest BCUT2D eigenvalue weighted by molar-refractivity contribution is 7.98. The molecule has 2 rings (SSSR count). The highest BCUT2D eigenvalue weighted by atomic mass is 32.2. The van der Waals surface area contributed by atoms with Crippen molar-refractivity contribution in [3.63, 3.8) is 0 Å². The Kier molecular flexibility index (Phi) is 4.98. The second-order valence-corrected chi connectivity index (χ2v) is 6.51. The summed E-state index contributed by atoms with van der Waals surface area (Å²) in [6, 6.07) is 1.65. The van der Waals surface area contributed by atoms with Gasteiger partial charge in [0.05, 0.1) is 0 Å². The first-order chi connectivity index (χ1) is 7.78. The summed E-state index contributed by atoms with van der Waals surface area (Å²) in [4.78, 5) is 2.67. The molecule has 1 N–H and O–H groups in total. The summed E-state index contributed by atoms with van der Waals surface area (Å²) in [5.74, 6) is 2.15. The summed E-state index contributed by atoms with van der Waals surface area (Å²) in [5.41, 5.74) is 0. The molecule has 0 bridgehead atoms. The van der Waals surface area contributed by atoms with Crippen molar-refractivity contribution in [2.45, 2.75) is 44.7 Å². The van der Waals surface area contributed by atoms with E-state index in [0.717, 1.165) is 18.0 Å². The average molecular weight is 242 g/mol. The van der Waals surface area contributed by atoms with E-state index in [1.54, 1.807) is 0 Å². The van der Waals surface area contributed by atoms with Crippen molar-refractivity contribution in [2.75, 3.05) is 31.6 Å². The van der Waals surface area contributed by atoms with E-state index in [2.05, 4.69) is 23.4 Å². The van der Waals surface area contributed by atoms with Gasteiger partial charge in [-0.1, -0.05) is 6.92 Å². The predicted octanol–water partition coefficient (Wildman–Crippen LogP) is 2.20. The van der Waals surface area contributed by atoms with Gasteiger partial charge in [0.1, 0.15) is 0 Å². The lowest BCUT2D eigenvalue weighted by Crippen LogP contribution is -2.47. The lowest BCUT2D eigenvalue weighted by molar-refractivity contribution is 0.173. The molecule has 0 radical (unpaired) electrons. The zero-order valence-electron chi connectivity index (χ0n) is 10.7. The van der Waals surface area contributed by atoms with Gasteiger partial charge >= 0.3 is 0 Å². The molecule has 2 unspecified atom stereocenters. The van der Waals surface area contributed by atoms with Crippen LogP contribution < -0.4 is 5.32 Å². The van der Waals surface area contributed by atoms with Gasteiger partial charge in [0.2, 0.25) is 0 Å². The van der Waals surface area contributed by atoms with Crippen LogP contribution in [0.25, 0.3) is 0 Å². The van der Waals surface area contributed by atoms with Crippen molar-refractivity contribution in [3.8, 4) is 0 Å². The minimum atomic E-state index is 0.780. The van der Waals surface area contributed by atoms with Crippen LogP contribution in [0.2, 0.25) is 0 Å². The van der Waals surface area contributed by atoms with E-state index in [1.807, 2.05) is 11.8 Å². The summed E-state index contributed by atoms with van der Waals surface area (Å²) < 4.78 is 0. The molecule has 0 aromatic carbocycles. The summed E-state index contributed by atoms with van der Waals surface area (Å²) in [5, 5.41) is 3.78. The summed E-state index contributed by atoms with van der Waals surface area (Å²) in [7, 11) is 0. The van der Waals surface area contributed by atoms with Crippen LogP contribution in [0.4, 0.5) is 0 Å². The molecular weight excluding hydrogens is 216 g/mol. The van der Waals surface area contributed by atoms with E-state index in [1.165, 1.54) is 51.1 Å². The molecule has 0 aromatic rings. The molecule has 16 heavy (non-hydrogen) atoms. The molecule has 0 spiro atoms. The van der Waals surface area contributed by atoms with Crippen LogP contribution in [-0.2, 0) is 0 Å². The first-order valence-electron chi connectivity index (χ1n) is 6.75. The minimum Gasteiger partial charge on any atom is -0.310 e. The van der Waals surface area contributed by atoms with Gasteiger partial charge in [-0.05, 0) is 50.2 Å². The van der Waals surface area contributed by atoms with Crippen molar-refractivity contribution in [1.29, 1.82) is 0 Å². The molecule has 2 atom stereocenters. The third kappa shape index (κ3) is 4.27. The topological polar surface area (TPSA) is 15.3 Å². The van der Waals surface area contributed by atoms with E-state index in [-0.39, 0.29) is 0 Å². The van der Waals surface area contributed by atoms with Crippen molar-refractivity contribution in [2.24, 2.45) is 5.92 Å². The molecule has 1 saturated carbocycles. The molecule has 1 heterocycles. The van der Waals surface area contributed by atoms with Gasteiger partial charge in [-0.25, -0.2) is 0 Å². The number of likely N-dealkylation sites (tertiary alicyclic amines) is 1. The Balaban J connectivity index is 1.68. The summed E-state index contributed by atoms with van der Waals surface area (Å²) >= 11 is 1.98. The van der Waals surface area contributed by atoms with Crippen LogP contribution in [0.3, 0.4) is 0 Å². The van der Waals surface area contributed by atoms with Gasteiger partial charge < -0.3 is 10.2 Å². The second kappa shape index (κ2) is 6.27. The van der Waals surface area contributed by atoms with Crippen molar-refractivity contribution >= 4 is 11.8 Å². The number of hydrogen-bond acceptors (Lipinski definition) is 3. The van der Waals surface area contributed by atoms with E-state index in [0.29, 0.717) is 0 Å². The molecule has 1 saturated heterocycles. The van der Waals surface area contributed by atoms with Crippen LogP contribution in [0.15, 0.2) is 0 Å². The maximum atomic E-state index is 3.78. The number of piperidine rings is 1. The van der Waals surface area contributed by atoms with E-state index < -0.39 is 0 Å². The number of thioether (sulfide) groups is 1. The fraction of sp³-hybridized carbons (Fsp3) is 1.00. The lowest BCUT2D eigenvalue weighted by Gasteiger charge is -2.34. The molecule has 2 nitrogen and oxygen atoms in total. The Morgan fingerprint density at radius 3 is 2.81 bits per heavy atom. The molecule has 94 valence electrons. The Morgan fingerprint density at radius 2 is 2.12 bits per heavy atom. The third-order valence-corrected chi connectivity index (χ3v) is 4.48. The quantitative estimate of drug-likeness (QED) is 0.769. The third-order valence-electron chi connectivity index (χ3n) is 3.58. The van der Waals surface area contributed by atoms with Gasteiger partial charge in [0.25, 0.3) is 0 Å². The van der Waals surface area contributed by atoms with Gasteiger partial charge in [0, 0.05) is 25.2 Å². The van der Waals surface area contributed by atoms with Crippen molar-refractivity contribution in [3.05, 3.63) is 0 Å². The van der Waals surface area contributed by atoms with Crippen LogP contribution in [0.5, 0.6) is 0 Å². The SMILES string of the molecule is CSCC(C)CN1CCCC(NC2CC2)C1. The Hall–Kier alpha value is 0.270. The van der Waals surface area contributed by atoms with Crippen molar-refractivity contribution < 1.29 is 0 Å². The average Bonchev–Trinajstić information content (AvgIpc) is 3.02. The molecule has 3 heteroatoms. The lowest BCUT2D eigenvalue weighted by atomic mass is 10.0. The number of nitrogens with zero attached hydrogens (tertiary/aromatic N) is 1. The van der Waals surface area contributed by atoms with E-state index in [9.17, 15) is 0 Å². The predicted molar refractivity (Wildman–Crippen MR) is 73.2 cm³/mol. The maximum Gasteiger partial charge on any atom is 0.0198 e. The normalized spacial score (nSPS) is 29.2. The van der Waals surface area contributed by atoms with Gasteiger partial charge in [-0.2, -0.15) is 11.8 Å². The first kappa shape index (κ1) is 12.7. The Labute approximate surface area is 105 Å².